The molecule has 0 radical (unpaired) electrons. The summed E-state index contributed by atoms with van der Waals surface area (Å²) in [7, 11) is 1.61. The van der Waals surface area contributed by atoms with Crippen molar-refractivity contribution in [2.45, 2.75) is 38.3 Å². The predicted octanol–water partition coefficient (Wildman–Crippen LogP) is -1.03. The summed E-state index contributed by atoms with van der Waals surface area (Å²) in [5.41, 5.74) is 2.16. The predicted molar refractivity (Wildman–Crippen MR) is 60.2 cm³/mol. The number of amides is 2. The van der Waals surface area contributed by atoms with Gasteiger partial charge in [0.1, 0.15) is 0 Å². The van der Waals surface area contributed by atoms with Crippen molar-refractivity contribution in [2.24, 2.45) is 5.84 Å². The fourth-order valence-electron chi connectivity index (χ4n) is 2.28. The number of hydrazine groups is 1. The summed E-state index contributed by atoms with van der Waals surface area (Å²) in [6, 6.07) is -0.512. The van der Waals surface area contributed by atoms with Crippen LogP contribution in [0.5, 0.6) is 0 Å². The highest BCUT2D eigenvalue weighted by molar-refractivity contribution is 5.85. The van der Waals surface area contributed by atoms with Gasteiger partial charge < -0.3 is 5.32 Å². The number of carbonyl (C=O) groups is 2. The molecule has 2 atom stereocenters. The van der Waals surface area contributed by atoms with Gasteiger partial charge in [0.2, 0.25) is 5.91 Å². The van der Waals surface area contributed by atoms with Crippen molar-refractivity contribution >= 4 is 11.8 Å². The second kappa shape index (κ2) is 5.81. The van der Waals surface area contributed by atoms with E-state index in [9.17, 15) is 9.59 Å². The van der Waals surface area contributed by atoms with E-state index in [1.54, 1.807) is 7.05 Å². The Labute approximate surface area is 95.5 Å². The van der Waals surface area contributed by atoms with Crippen LogP contribution in [-0.2, 0) is 9.59 Å². The molecule has 2 amide bonds. The van der Waals surface area contributed by atoms with Crippen LogP contribution in [0.2, 0.25) is 0 Å². The highest BCUT2D eigenvalue weighted by Gasteiger charge is 2.36. The maximum atomic E-state index is 11.6. The maximum Gasteiger partial charge on any atom is 0.251 e. The molecular weight excluding hydrogens is 208 g/mol. The first-order valence-corrected chi connectivity index (χ1v) is 5.63. The molecule has 6 heteroatoms. The van der Waals surface area contributed by atoms with Crippen molar-refractivity contribution in [2.75, 3.05) is 13.6 Å². The molecule has 1 aliphatic heterocycles. The first-order valence-electron chi connectivity index (χ1n) is 5.63. The van der Waals surface area contributed by atoms with Gasteiger partial charge in [0.05, 0.1) is 12.1 Å². The van der Waals surface area contributed by atoms with E-state index >= 15 is 0 Å². The van der Waals surface area contributed by atoms with Gasteiger partial charge in [-0.05, 0) is 25.8 Å². The SMILES string of the molecule is CCC(C(=O)NN)N1CCCC1C(=O)NC. The summed E-state index contributed by atoms with van der Waals surface area (Å²) in [6.45, 7) is 2.68. The lowest BCUT2D eigenvalue weighted by Crippen LogP contribution is -2.53. The fraction of sp³-hybridized carbons (Fsp3) is 0.800. The molecule has 92 valence electrons. The monoisotopic (exact) mass is 228 g/mol. The molecule has 6 nitrogen and oxygen atoms in total. The largest absolute Gasteiger partial charge is 0.358 e. The third-order valence-corrected chi connectivity index (χ3v) is 3.08. The van der Waals surface area contributed by atoms with Crippen molar-refractivity contribution in [3.05, 3.63) is 0 Å². The molecule has 1 rings (SSSR count). The van der Waals surface area contributed by atoms with Gasteiger partial charge in [0, 0.05) is 7.05 Å². The van der Waals surface area contributed by atoms with Gasteiger partial charge in [-0.1, -0.05) is 6.92 Å². The number of rotatable bonds is 4. The Morgan fingerprint density at radius 3 is 2.75 bits per heavy atom. The molecular formula is C10H20N4O2. The summed E-state index contributed by atoms with van der Waals surface area (Å²) in [4.78, 5) is 25.1. The number of nitrogens with zero attached hydrogens (tertiary/aromatic N) is 1. The topological polar surface area (TPSA) is 87.5 Å². The molecule has 2 unspecified atom stereocenters. The van der Waals surface area contributed by atoms with Crippen molar-refractivity contribution in [3.63, 3.8) is 0 Å². The molecule has 0 aromatic heterocycles. The minimum Gasteiger partial charge on any atom is -0.358 e. The average molecular weight is 228 g/mol. The van der Waals surface area contributed by atoms with Crippen LogP contribution in [0.25, 0.3) is 0 Å². The highest BCUT2D eigenvalue weighted by atomic mass is 16.2. The summed E-state index contributed by atoms with van der Waals surface area (Å²) in [6.07, 6.45) is 2.39. The molecule has 0 aliphatic carbocycles. The fourth-order valence-corrected chi connectivity index (χ4v) is 2.28. The Balaban J connectivity index is 2.75. The van der Waals surface area contributed by atoms with E-state index in [0.717, 1.165) is 19.4 Å². The molecule has 1 aliphatic rings. The van der Waals surface area contributed by atoms with E-state index in [1.807, 2.05) is 11.8 Å². The van der Waals surface area contributed by atoms with E-state index in [1.165, 1.54) is 0 Å². The quantitative estimate of drug-likeness (QED) is 0.326. The van der Waals surface area contributed by atoms with Crippen LogP contribution in [-0.4, -0.2) is 42.4 Å². The lowest BCUT2D eigenvalue weighted by atomic mass is 10.1. The van der Waals surface area contributed by atoms with Crippen molar-refractivity contribution in [1.82, 2.24) is 15.6 Å². The summed E-state index contributed by atoms with van der Waals surface area (Å²) < 4.78 is 0. The highest BCUT2D eigenvalue weighted by Crippen LogP contribution is 2.21. The smallest absolute Gasteiger partial charge is 0.251 e. The summed E-state index contributed by atoms with van der Waals surface area (Å²) in [5, 5.41) is 2.63. The zero-order valence-corrected chi connectivity index (χ0v) is 9.82. The first kappa shape index (κ1) is 12.9. The molecule has 1 saturated heterocycles. The number of hydrogen-bond donors (Lipinski definition) is 3. The standard InChI is InChI=1S/C10H20N4O2/c1-3-7(10(16)13-11)14-6-4-5-8(14)9(15)12-2/h7-8H,3-6,11H2,1-2H3,(H,12,15)(H,13,16). The molecule has 1 heterocycles. The van der Waals surface area contributed by atoms with E-state index in [-0.39, 0.29) is 23.9 Å². The van der Waals surface area contributed by atoms with E-state index < -0.39 is 0 Å². The maximum absolute atomic E-state index is 11.6. The minimum absolute atomic E-state index is 0.0271. The molecule has 1 fully saturated rings. The Bertz CT molecular complexity index is 270. The first-order chi connectivity index (χ1) is 7.65. The van der Waals surface area contributed by atoms with Crippen LogP contribution in [0, 0.1) is 0 Å². The summed E-state index contributed by atoms with van der Waals surface area (Å²) >= 11 is 0. The second-order valence-electron chi connectivity index (χ2n) is 3.94. The molecule has 4 N–H and O–H groups in total. The molecule has 0 aromatic carbocycles. The zero-order valence-electron chi connectivity index (χ0n) is 9.82. The van der Waals surface area contributed by atoms with E-state index in [4.69, 9.17) is 5.84 Å². The number of likely N-dealkylation sites (N-methyl/N-ethyl adjacent to an activating group) is 1. The number of carbonyl (C=O) groups excluding carboxylic acids is 2. The Morgan fingerprint density at radius 2 is 2.25 bits per heavy atom. The van der Waals surface area contributed by atoms with Gasteiger partial charge in [-0.2, -0.15) is 0 Å². The number of nitrogens with two attached hydrogens (primary N) is 1. The molecule has 0 saturated carbocycles. The van der Waals surface area contributed by atoms with Gasteiger partial charge in [-0.15, -0.1) is 0 Å². The molecule has 0 aromatic rings. The molecule has 0 bridgehead atoms. The van der Waals surface area contributed by atoms with Gasteiger partial charge in [-0.3, -0.25) is 19.9 Å². The van der Waals surface area contributed by atoms with Crippen LogP contribution < -0.4 is 16.6 Å². The van der Waals surface area contributed by atoms with E-state index in [2.05, 4.69) is 10.7 Å². The van der Waals surface area contributed by atoms with Crippen LogP contribution in [0.4, 0.5) is 0 Å². The van der Waals surface area contributed by atoms with Crippen LogP contribution in [0.1, 0.15) is 26.2 Å². The minimum atomic E-state index is -0.310. The van der Waals surface area contributed by atoms with Crippen molar-refractivity contribution < 1.29 is 9.59 Å². The Kier molecular flexibility index (Phi) is 4.70. The molecule has 16 heavy (non-hydrogen) atoms. The third kappa shape index (κ3) is 2.51. The lowest BCUT2D eigenvalue weighted by Gasteiger charge is -2.29. The zero-order chi connectivity index (χ0) is 12.1. The third-order valence-electron chi connectivity index (χ3n) is 3.08. The normalized spacial score (nSPS) is 22.8. The van der Waals surface area contributed by atoms with Crippen molar-refractivity contribution in [1.29, 1.82) is 0 Å². The summed E-state index contributed by atoms with van der Waals surface area (Å²) in [5.74, 6) is 4.89. The van der Waals surface area contributed by atoms with Crippen LogP contribution >= 0.6 is 0 Å². The van der Waals surface area contributed by atoms with Crippen LogP contribution in [0.3, 0.4) is 0 Å². The number of hydrogen-bond acceptors (Lipinski definition) is 4. The van der Waals surface area contributed by atoms with Gasteiger partial charge in [0.25, 0.3) is 5.91 Å². The van der Waals surface area contributed by atoms with Crippen molar-refractivity contribution in [3.8, 4) is 0 Å². The van der Waals surface area contributed by atoms with E-state index in [0.29, 0.717) is 6.42 Å². The second-order valence-corrected chi connectivity index (χ2v) is 3.94. The average Bonchev–Trinajstić information content (AvgIpc) is 2.77. The van der Waals surface area contributed by atoms with Gasteiger partial charge >= 0.3 is 0 Å². The van der Waals surface area contributed by atoms with Gasteiger partial charge in [-0.25, -0.2) is 5.84 Å². The molecule has 0 spiro atoms. The van der Waals surface area contributed by atoms with Gasteiger partial charge in [0.15, 0.2) is 0 Å². The number of likely N-dealkylation sites (tertiary alicyclic amines) is 1. The Hall–Kier alpha value is -1.14. The Morgan fingerprint density at radius 1 is 1.56 bits per heavy atom. The van der Waals surface area contributed by atoms with Crippen LogP contribution in [0.15, 0.2) is 0 Å². The number of nitrogens with one attached hydrogen (secondary N) is 2. The lowest BCUT2D eigenvalue weighted by molar-refractivity contribution is -0.131.